The summed E-state index contributed by atoms with van der Waals surface area (Å²) in [6.45, 7) is 15.3. The van der Waals surface area contributed by atoms with Crippen LogP contribution in [-0.4, -0.2) is 65.7 Å². The fourth-order valence-corrected chi connectivity index (χ4v) is 3.40. The topological polar surface area (TPSA) is 83.2 Å². The van der Waals surface area contributed by atoms with Crippen molar-refractivity contribution in [1.82, 2.24) is 20.1 Å². The Morgan fingerprint density at radius 2 is 1.97 bits per heavy atom. The minimum atomic E-state index is -0.466. The first-order valence-corrected chi connectivity index (χ1v) is 10.5. The van der Waals surface area contributed by atoms with Gasteiger partial charge in [-0.3, -0.25) is 4.99 Å². The molecular formula is C21H38IN5O3. The number of hydrogen-bond donors (Lipinski definition) is 1. The molecule has 1 N–H and O–H groups in total. The first-order chi connectivity index (χ1) is 13.6. The van der Waals surface area contributed by atoms with Gasteiger partial charge in [-0.25, -0.2) is 9.78 Å². The number of carbonyl (C=O) groups excluding carboxylic acids is 1. The molecule has 30 heavy (non-hydrogen) atoms. The standard InChI is InChI=1S/C21H37N5O3.HI/c1-8-25(20(27)29-21(4,5)6)14-17-9-11-26(12-10-17)19(22-7)23-13-18-24-15(2)16(3)28-18;/h17H,8-14H2,1-7H3,(H,22,23);1H. The summed E-state index contributed by atoms with van der Waals surface area (Å²) in [6.07, 6.45) is 1.80. The quantitative estimate of drug-likeness (QED) is 0.349. The van der Waals surface area contributed by atoms with E-state index in [0.717, 1.165) is 49.9 Å². The van der Waals surface area contributed by atoms with Gasteiger partial charge < -0.3 is 24.3 Å². The number of hydrogen-bond acceptors (Lipinski definition) is 5. The maximum absolute atomic E-state index is 12.4. The highest BCUT2D eigenvalue weighted by Crippen LogP contribution is 2.20. The van der Waals surface area contributed by atoms with E-state index in [1.54, 1.807) is 7.05 Å². The zero-order chi connectivity index (χ0) is 21.6. The highest BCUT2D eigenvalue weighted by molar-refractivity contribution is 14.0. The molecule has 2 heterocycles. The molecule has 2 rings (SSSR count). The van der Waals surface area contributed by atoms with Gasteiger partial charge in [-0.05, 0) is 60.3 Å². The first kappa shape index (κ1) is 26.5. The Bertz CT molecular complexity index is 686. The molecule has 9 heteroatoms. The maximum atomic E-state index is 12.4. The summed E-state index contributed by atoms with van der Waals surface area (Å²) in [7, 11) is 1.79. The Hall–Kier alpha value is -1.52. The lowest BCUT2D eigenvalue weighted by Crippen LogP contribution is -2.47. The average molecular weight is 535 g/mol. The molecule has 1 aliphatic heterocycles. The molecule has 0 saturated carbocycles. The summed E-state index contributed by atoms with van der Waals surface area (Å²) in [5.41, 5.74) is 0.453. The van der Waals surface area contributed by atoms with E-state index < -0.39 is 5.60 Å². The highest BCUT2D eigenvalue weighted by Gasteiger charge is 2.27. The van der Waals surface area contributed by atoms with E-state index >= 15 is 0 Å². The third kappa shape index (κ3) is 7.96. The normalized spacial score (nSPS) is 15.6. The van der Waals surface area contributed by atoms with E-state index in [0.29, 0.717) is 24.9 Å². The number of aliphatic imine (C=N–C) groups is 1. The largest absolute Gasteiger partial charge is 0.444 e. The van der Waals surface area contributed by atoms with E-state index in [4.69, 9.17) is 9.15 Å². The van der Waals surface area contributed by atoms with Crippen molar-refractivity contribution in [3.63, 3.8) is 0 Å². The first-order valence-electron chi connectivity index (χ1n) is 10.5. The number of amides is 1. The average Bonchev–Trinajstić information content (AvgIpc) is 2.97. The predicted octanol–water partition coefficient (Wildman–Crippen LogP) is 3.95. The molecular weight excluding hydrogens is 497 g/mol. The van der Waals surface area contributed by atoms with Gasteiger partial charge in [0.25, 0.3) is 0 Å². The van der Waals surface area contributed by atoms with Gasteiger partial charge in [0.1, 0.15) is 11.4 Å². The maximum Gasteiger partial charge on any atom is 0.410 e. The Morgan fingerprint density at radius 3 is 2.43 bits per heavy atom. The third-order valence-electron chi connectivity index (χ3n) is 5.11. The number of rotatable bonds is 5. The Balaban J connectivity index is 0.00000450. The van der Waals surface area contributed by atoms with Gasteiger partial charge in [0.05, 0.1) is 12.2 Å². The number of nitrogens with zero attached hydrogens (tertiary/aromatic N) is 4. The molecule has 1 aromatic rings. The molecule has 0 spiro atoms. The van der Waals surface area contributed by atoms with Crippen molar-refractivity contribution in [1.29, 1.82) is 0 Å². The fourth-order valence-electron chi connectivity index (χ4n) is 3.40. The summed E-state index contributed by atoms with van der Waals surface area (Å²) in [5.74, 6) is 2.85. The van der Waals surface area contributed by atoms with Crippen molar-refractivity contribution in [2.75, 3.05) is 33.2 Å². The molecule has 1 aliphatic rings. The molecule has 1 saturated heterocycles. The number of carbonyl (C=O) groups is 1. The summed E-state index contributed by atoms with van der Waals surface area (Å²) >= 11 is 0. The zero-order valence-corrected chi connectivity index (χ0v) is 21.8. The molecule has 172 valence electrons. The minimum Gasteiger partial charge on any atom is -0.444 e. The van der Waals surface area contributed by atoms with Crippen molar-refractivity contribution in [2.24, 2.45) is 10.9 Å². The van der Waals surface area contributed by atoms with E-state index in [-0.39, 0.29) is 30.1 Å². The number of nitrogens with one attached hydrogen (secondary N) is 1. The van der Waals surface area contributed by atoms with Crippen LogP contribution in [0.4, 0.5) is 4.79 Å². The van der Waals surface area contributed by atoms with Crippen molar-refractivity contribution in [2.45, 2.75) is 66.5 Å². The van der Waals surface area contributed by atoms with E-state index in [1.165, 1.54) is 0 Å². The second-order valence-corrected chi connectivity index (χ2v) is 8.60. The predicted molar refractivity (Wildman–Crippen MR) is 129 cm³/mol. The lowest BCUT2D eigenvalue weighted by atomic mass is 9.96. The summed E-state index contributed by atoms with van der Waals surface area (Å²) in [5, 5.41) is 3.34. The van der Waals surface area contributed by atoms with Crippen molar-refractivity contribution in [3.8, 4) is 0 Å². The van der Waals surface area contributed by atoms with Crippen LogP contribution in [0.3, 0.4) is 0 Å². The van der Waals surface area contributed by atoms with Gasteiger partial charge in [-0.2, -0.15) is 0 Å². The molecule has 1 aromatic heterocycles. The fraction of sp³-hybridized carbons (Fsp3) is 0.762. The zero-order valence-electron chi connectivity index (χ0n) is 19.4. The number of aryl methyl sites for hydroxylation is 2. The molecule has 0 aromatic carbocycles. The molecule has 1 amide bonds. The van der Waals surface area contributed by atoms with Crippen molar-refractivity contribution >= 4 is 36.0 Å². The van der Waals surface area contributed by atoms with E-state index in [1.807, 2.05) is 46.4 Å². The number of likely N-dealkylation sites (tertiary alicyclic amines) is 1. The van der Waals surface area contributed by atoms with Gasteiger partial charge in [0, 0.05) is 33.2 Å². The van der Waals surface area contributed by atoms with Gasteiger partial charge in [0.15, 0.2) is 5.96 Å². The van der Waals surface area contributed by atoms with E-state index in [2.05, 4.69) is 20.2 Å². The lowest BCUT2D eigenvalue weighted by Gasteiger charge is -2.36. The number of oxazole rings is 1. The van der Waals surface area contributed by atoms with Crippen LogP contribution in [0.25, 0.3) is 0 Å². The molecule has 0 aliphatic carbocycles. The van der Waals surface area contributed by atoms with Crippen molar-refractivity contribution in [3.05, 3.63) is 17.3 Å². The molecule has 0 bridgehead atoms. The smallest absolute Gasteiger partial charge is 0.410 e. The van der Waals surface area contributed by atoms with Crippen LogP contribution in [0.15, 0.2) is 9.41 Å². The lowest BCUT2D eigenvalue weighted by molar-refractivity contribution is 0.0214. The van der Waals surface area contributed by atoms with Crippen LogP contribution in [0.1, 0.15) is 57.9 Å². The third-order valence-corrected chi connectivity index (χ3v) is 5.11. The van der Waals surface area contributed by atoms with Crippen LogP contribution in [0.5, 0.6) is 0 Å². The highest BCUT2D eigenvalue weighted by atomic mass is 127. The monoisotopic (exact) mass is 535 g/mol. The minimum absolute atomic E-state index is 0. The second-order valence-electron chi connectivity index (χ2n) is 8.60. The SMILES string of the molecule is CCN(CC1CCN(C(=NC)NCc2nc(C)c(C)o2)CC1)C(=O)OC(C)(C)C.I. The van der Waals surface area contributed by atoms with Crippen LogP contribution >= 0.6 is 24.0 Å². The van der Waals surface area contributed by atoms with E-state index in [9.17, 15) is 4.79 Å². The van der Waals surface area contributed by atoms with Crippen LogP contribution < -0.4 is 5.32 Å². The van der Waals surface area contributed by atoms with Crippen molar-refractivity contribution < 1.29 is 13.9 Å². The van der Waals surface area contributed by atoms with Crippen LogP contribution in [-0.2, 0) is 11.3 Å². The number of piperidine rings is 1. The number of halogens is 1. The molecule has 0 atom stereocenters. The Kier molecular flexibility index (Phi) is 10.4. The van der Waals surface area contributed by atoms with Gasteiger partial charge >= 0.3 is 6.09 Å². The number of aromatic nitrogens is 1. The second kappa shape index (κ2) is 11.8. The number of guanidine groups is 1. The summed E-state index contributed by atoms with van der Waals surface area (Å²) < 4.78 is 11.2. The Labute approximate surface area is 197 Å². The number of ether oxygens (including phenoxy) is 1. The van der Waals surface area contributed by atoms with Gasteiger partial charge in [-0.1, -0.05) is 0 Å². The summed E-state index contributed by atoms with van der Waals surface area (Å²) in [6, 6.07) is 0. The molecule has 8 nitrogen and oxygen atoms in total. The Morgan fingerprint density at radius 1 is 1.33 bits per heavy atom. The van der Waals surface area contributed by atoms with Gasteiger partial charge in [0.2, 0.25) is 5.89 Å². The van der Waals surface area contributed by atoms with Gasteiger partial charge in [-0.15, -0.1) is 24.0 Å². The van der Waals surface area contributed by atoms with Crippen LogP contribution in [0.2, 0.25) is 0 Å². The molecule has 0 unspecified atom stereocenters. The summed E-state index contributed by atoms with van der Waals surface area (Å²) in [4.78, 5) is 25.3. The molecule has 0 radical (unpaired) electrons. The van der Waals surface area contributed by atoms with Crippen LogP contribution in [0, 0.1) is 19.8 Å². The molecule has 1 fully saturated rings.